The van der Waals surface area contributed by atoms with Crippen molar-refractivity contribution in [1.82, 2.24) is 0 Å². The smallest absolute Gasteiger partial charge is 0.335 e. The van der Waals surface area contributed by atoms with Crippen LogP contribution in [0.2, 0.25) is 0 Å². The summed E-state index contributed by atoms with van der Waals surface area (Å²) in [6.07, 6.45) is 0. The average Bonchev–Trinajstić information content (AvgIpc) is 2.44. The van der Waals surface area contributed by atoms with Crippen LogP contribution in [0.5, 0.6) is 11.5 Å². The summed E-state index contributed by atoms with van der Waals surface area (Å²) in [6.45, 7) is 6.08. The van der Waals surface area contributed by atoms with Crippen LogP contribution in [0.4, 0.5) is 5.69 Å². The molecule has 0 aliphatic rings. The third-order valence-electron chi connectivity index (χ3n) is 2.45. The molecular weight excluding hydrogens is 246 g/mol. The fourth-order valence-electron chi connectivity index (χ4n) is 1.46. The third-order valence-corrected chi connectivity index (χ3v) is 2.45. The van der Waals surface area contributed by atoms with Crippen LogP contribution >= 0.6 is 0 Å². The molecule has 0 saturated heterocycles. The van der Waals surface area contributed by atoms with E-state index < -0.39 is 5.97 Å². The molecular formula is C14H19NO4. The van der Waals surface area contributed by atoms with E-state index in [1.165, 1.54) is 0 Å². The largest absolute Gasteiger partial charge is 0.493 e. The average molecular weight is 265 g/mol. The minimum atomic E-state index is -0.393. The molecule has 0 spiro atoms. The minimum absolute atomic E-state index is 0.314. The highest BCUT2D eigenvalue weighted by Gasteiger charge is 2.08. The van der Waals surface area contributed by atoms with Gasteiger partial charge in [-0.05, 0) is 19.1 Å². The van der Waals surface area contributed by atoms with Crippen LogP contribution in [0.15, 0.2) is 30.4 Å². The maximum absolute atomic E-state index is 11.4. The molecule has 1 N–H and O–H groups in total. The molecule has 0 aromatic heterocycles. The summed E-state index contributed by atoms with van der Waals surface area (Å²) < 4.78 is 15.2. The Kier molecular flexibility index (Phi) is 5.73. The zero-order valence-corrected chi connectivity index (χ0v) is 11.5. The summed E-state index contributed by atoms with van der Waals surface area (Å²) in [7, 11) is 3.15. The van der Waals surface area contributed by atoms with Crippen LogP contribution in [0.25, 0.3) is 0 Å². The van der Waals surface area contributed by atoms with Crippen molar-refractivity contribution in [2.24, 2.45) is 0 Å². The number of nitrogens with one attached hydrogen (secondary N) is 1. The van der Waals surface area contributed by atoms with Crippen molar-refractivity contribution in [2.75, 3.05) is 32.7 Å². The summed E-state index contributed by atoms with van der Waals surface area (Å²) >= 11 is 0. The van der Waals surface area contributed by atoms with E-state index in [2.05, 4.69) is 11.9 Å². The summed E-state index contributed by atoms with van der Waals surface area (Å²) in [6, 6.07) is 5.41. The van der Waals surface area contributed by atoms with Crippen molar-refractivity contribution in [3.8, 4) is 11.5 Å². The van der Waals surface area contributed by atoms with Gasteiger partial charge in [0.25, 0.3) is 0 Å². The van der Waals surface area contributed by atoms with Crippen molar-refractivity contribution < 1.29 is 19.0 Å². The first-order valence-electron chi connectivity index (χ1n) is 5.93. The molecule has 0 unspecified atom stereocenters. The van der Waals surface area contributed by atoms with E-state index in [1.54, 1.807) is 33.3 Å². The summed E-state index contributed by atoms with van der Waals surface area (Å²) in [5, 5.41) is 3.07. The van der Waals surface area contributed by atoms with E-state index in [0.29, 0.717) is 30.2 Å². The number of esters is 1. The number of methoxy groups -OCH3 is 2. The van der Waals surface area contributed by atoms with Gasteiger partial charge in [0.05, 0.1) is 20.8 Å². The Hall–Kier alpha value is -2.17. The highest BCUT2D eigenvalue weighted by molar-refractivity contribution is 5.88. The Morgan fingerprint density at radius 3 is 2.53 bits per heavy atom. The lowest BCUT2D eigenvalue weighted by Gasteiger charge is -2.12. The van der Waals surface area contributed by atoms with Gasteiger partial charge in [-0.15, -0.1) is 0 Å². The lowest BCUT2D eigenvalue weighted by molar-refractivity contribution is -0.138. The Morgan fingerprint density at radius 1 is 1.26 bits per heavy atom. The Labute approximate surface area is 113 Å². The Morgan fingerprint density at radius 2 is 1.95 bits per heavy atom. The van der Waals surface area contributed by atoms with E-state index in [4.69, 9.17) is 14.2 Å². The van der Waals surface area contributed by atoms with Crippen LogP contribution in [0.1, 0.15) is 6.92 Å². The van der Waals surface area contributed by atoms with E-state index >= 15 is 0 Å². The van der Waals surface area contributed by atoms with Gasteiger partial charge in [0, 0.05) is 23.9 Å². The SMILES string of the molecule is C=C(CNc1ccc(OC)c(OC)c1)C(=O)OCC. The molecule has 1 aromatic rings. The van der Waals surface area contributed by atoms with E-state index in [9.17, 15) is 4.79 Å². The van der Waals surface area contributed by atoms with E-state index in [0.717, 1.165) is 5.69 Å². The van der Waals surface area contributed by atoms with Crippen molar-refractivity contribution in [3.63, 3.8) is 0 Å². The summed E-state index contributed by atoms with van der Waals surface area (Å²) in [4.78, 5) is 11.4. The number of rotatable bonds is 7. The molecule has 0 amide bonds. The zero-order valence-electron chi connectivity index (χ0n) is 11.5. The summed E-state index contributed by atoms with van der Waals surface area (Å²) in [5.41, 5.74) is 1.18. The quantitative estimate of drug-likeness (QED) is 0.605. The van der Waals surface area contributed by atoms with E-state index in [1.807, 2.05) is 6.07 Å². The van der Waals surface area contributed by atoms with Crippen LogP contribution in [0.3, 0.4) is 0 Å². The van der Waals surface area contributed by atoms with Gasteiger partial charge in [-0.25, -0.2) is 4.79 Å². The van der Waals surface area contributed by atoms with Crippen molar-refractivity contribution in [3.05, 3.63) is 30.4 Å². The predicted molar refractivity (Wildman–Crippen MR) is 73.8 cm³/mol. The number of carbonyl (C=O) groups excluding carboxylic acids is 1. The normalized spacial score (nSPS) is 9.63. The summed E-state index contributed by atoms with van der Waals surface area (Å²) in [5.74, 6) is 0.877. The van der Waals surface area contributed by atoms with Gasteiger partial charge in [-0.3, -0.25) is 0 Å². The van der Waals surface area contributed by atoms with Gasteiger partial charge < -0.3 is 19.5 Å². The second kappa shape index (κ2) is 7.31. The zero-order chi connectivity index (χ0) is 14.3. The number of carbonyl (C=O) groups is 1. The van der Waals surface area contributed by atoms with Gasteiger partial charge in [0.1, 0.15) is 0 Å². The first-order valence-corrected chi connectivity index (χ1v) is 5.93. The molecule has 5 heteroatoms. The molecule has 0 aliphatic heterocycles. The molecule has 0 saturated carbocycles. The lowest BCUT2D eigenvalue weighted by Crippen LogP contribution is -2.14. The molecule has 0 bridgehead atoms. The van der Waals surface area contributed by atoms with Crippen LogP contribution < -0.4 is 14.8 Å². The van der Waals surface area contributed by atoms with Crippen molar-refractivity contribution in [1.29, 1.82) is 0 Å². The van der Waals surface area contributed by atoms with Crippen LogP contribution in [-0.2, 0) is 9.53 Å². The number of hydrogen-bond acceptors (Lipinski definition) is 5. The fraction of sp³-hybridized carbons (Fsp3) is 0.357. The molecule has 19 heavy (non-hydrogen) atoms. The second-order valence-electron chi connectivity index (χ2n) is 3.75. The monoisotopic (exact) mass is 265 g/mol. The predicted octanol–water partition coefficient (Wildman–Crippen LogP) is 2.24. The van der Waals surface area contributed by atoms with Crippen LogP contribution in [-0.4, -0.2) is 33.3 Å². The molecule has 0 atom stereocenters. The molecule has 0 radical (unpaired) electrons. The first kappa shape index (κ1) is 14.9. The van der Waals surface area contributed by atoms with Gasteiger partial charge in [0.2, 0.25) is 0 Å². The number of ether oxygens (including phenoxy) is 3. The standard InChI is InChI=1S/C14H19NO4/c1-5-19-14(16)10(2)9-15-11-6-7-12(17-3)13(8-11)18-4/h6-8,15H,2,5,9H2,1,3-4H3. The molecule has 1 aromatic carbocycles. The Bertz CT molecular complexity index is 457. The number of anilines is 1. The van der Waals surface area contributed by atoms with Crippen molar-refractivity contribution in [2.45, 2.75) is 6.92 Å². The van der Waals surface area contributed by atoms with Crippen molar-refractivity contribution >= 4 is 11.7 Å². The third kappa shape index (κ3) is 4.21. The van der Waals surface area contributed by atoms with Gasteiger partial charge in [-0.2, -0.15) is 0 Å². The highest BCUT2D eigenvalue weighted by Crippen LogP contribution is 2.29. The molecule has 0 heterocycles. The lowest BCUT2D eigenvalue weighted by atomic mass is 10.2. The van der Waals surface area contributed by atoms with Gasteiger partial charge >= 0.3 is 5.97 Å². The topological polar surface area (TPSA) is 56.8 Å². The maximum Gasteiger partial charge on any atom is 0.335 e. The van der Waals surface area contributed by atoms with Crippen LogP contribution in [0, 0.1) is 0 Å². The fourth-order valence-corrected chi connectivity index (χ4v) is 1.46. The minimum Gasteiger partial charge on any atom is -0.493 e. The first-order chi connectivity index (χ1) is 9.12. The van der Waals surface area contributed by atoms with E-state index in [-0.39, 0.29) is 0 Å². The van der Waals surface area contributed by atoms with Gasteiger partial charge in [-0.1, -0.05) is 6.58 Å². The number of hydrogen-bond donors (Lipinski definition) is 1. The van der Waals surface area contributed by atoms with Gasteiger partial charge in [0.15, 0.2) is 11.5 Å². The maximum atomic E-state index is 11.4. The highest BCUT2D eigenvalue weighted by atomic mass is 16.5. The molecule has 1 rings (SSSR count). The molecule has 5 nitrogen and oxygen atoms in total. The second-order valence-corrected chi connectivity index (χ2v) is 3.75. The Balaban J connectivity index is 2.63. The molecule has 0 fully saturated rings. The number of benzene rings is 1. The molecule has 0 aliphatic carbocycles. The molecule has 104 valence electrons.